The van der Waals surface area contributed by atoms with Crippen LogP contribution in [0, 0.1) is 5.92 Å². The van der Waals surface area contributed by atoms with E-state index >= 15 is 0 Å². The maximum atomic E-state index is 3.76. The van der Waals surface area contributed by atoms with Crippen LogP contribution < -0.4 is 5.32 Å². The lowest BCUT2D eigenvalue weighted by Crippen LogP contribution is -2.27. The molecule has 2 aromatic rings. The van der Waals surface area contributed by atoms with E-state index in [4.69, 9.17) is 0 Å². The van der Waals surface area contributed by atoms with Crippen LogP contribution in [0.1, 0.15) is 39.0 Å². The Morgan fingerprint density at radius 2 is 1.70 bits per heavy atom. The summed E-state index contributed by atoms with van der Waals surface area (Å²) in [6.07, 6.45) is 6.98. The van der Waals surface area contributed by atoms with E-state index in [1.54, 1.807) is 0 Å². The summed E-state index contributed by atoms with van der Waals surface area (Å²) >= 11 is 3.65. The summed E-state index contributed by atoms with van der Waals surface area (Å²) in [5.41, 5.74) is 1.27. The van der Waals surface area contributed by atoms with E-state index in [1.807, 2.05) is 0 Å². The molecule has 2 heteroatoms. The molecule has 106 valence electrons. The van der Waals surface area contributed by atoms with Gasteiger partial charge in [0.1, 0.15) is 0 Å². The molecule has 1 unspecified atom stereocenters. The van der Waals surface area contributed by atoms with Crippen molar-refractivity contribution < 1.29 is 0 Å². The van der Waals surface area contributed by atoms with Crippen LogP contribution >= 0.6 is 15.9 Å². The topological polar surface area (TPSA) is 12.0 Å². The molecule has 1 nitrogen and oxygen atoms in total. The lowest BCUT2D eigenvalue weighted by molar-refractivity contribution is 0.328. The molecular formula is C18H22BrN. The highest BCUT2D eigenvalue weighted by Gasteiger charge is 2.20. The van der Waals surface area contributed by atoms with Crippen molar-refractivity contribution in [3.05, 3.63) is 40.9 Å². The monoisotopic (exact) mass is 331 g/mol. The van der Waals surface area contributed by atoms with Crippen molar-refractivity contribution in [3.8, 4) is 0 Å². The highest BCUT2D eigenvalue weighted by Crippen LogP contribution is 2.33. The first-order valence-electron chi connectivity index (χ1n) is 7.69. The lowest BCUT2D eigenvalue weighted by atomic mass is 9.84. The first-order valence-corrected chi connectivity index (χ1v) is 8.49. The Morgan fingerprint density at radius 3 is 2.45 bits per heavy atom. The van der Waals surface area contributed by atoms with Crippen molar-refractivity contribution in [2.75, 3.05) is 5.32 Å². The number of hydrogen-bond acceptors (Lipinski definition) is 1. The zero-order valence-corrected chi connectivity index (χ0v) is 13.6. The average molecular weight is 332 g/mol. The molecule has 0 amide bonds. The lowest BCUT2D eigenvalue weighted by Gasteiger charge is -2.29. The van der Waals surface area contributed by atoms with Crippen molar-refractivity contribution in [3.63, 3.8) is 0 Å². The molecule has 0 radical (unpaired) electrons. The molecule has 0 aromatic heterocycles. The Labute approximate surface area is 129 Å². The standard InChI is InChI=1S/C18H22BrN/c1-13(14-7-3-2-4-8-14)20-18-12-11-17(19)15-9-5-6-10-16(15)18/h5-6,9-14,20H,2-4,7-8H2,1H3. The van der Waals surface area contributed by atoms with Gasteiger partial charge < -0.3 is 5.32 Å². The Hall–Kier alpha value is -1.02. The zero-order chi connectivity index (χ0) is 13.9. The maximum absolute atomic E-state index is 3.76. The van der Waals surface area contributed by atoms with Gasteiger partial charge in [-0.05, 0) is 43.2 Å². The first-order chi connectivity index (χ1) is 9.75. The van der Waals surface area contributed by atoms with E-state index in [2.05, 4.69) is 64.6 Å². The minimum absolute atomic E-state index is 0.555. The summed E-state index contributed by atoms with van der Waals surface area (Å²) in [5.74, 6) is 0.825. The largest absolute Gasteiger partial charge is 0.382 e. The molecule has 0 spiro atoms. The van der Waals surface area contributed by atoms with Crippen molar-refractivity contribution in [1.29, 1.82) is 0 Å². The van der Waals surface area contributed by atoms with E-state index < -0.39 is 0 Å². The molecule has 20 heavy (non-hydrogen) atoms. The van der Waals surface area contributed by atoms with Crippen LogP contribution in [-0.4, -0.2) is 6.04 Å². The van der Waals surface area contributed by atoms with Gasteiger partial charge in [0, 0.05) is 21.6 Å². The van der Waals surface area contributed by atoms with Gasteiger partial charge in [0.25, 0.3) is 0 Å². The van der Waals surface area contributed by atoms with Crippen molar-refractivity contribution in [2.45, 2.75) is 45.1 Å². The van der Waals surface area contributed by atoms with Crippen LogP contribution in [0.5, 0.6) is 0 Å². The summed E-state index contributed by atoms with van der Waals surface area (Å²) < 4.78 is 1.17. The van der Waals surface area contributed by atoms with E-state index in [0.717, 1.165) is 5.92 Å². The number of hydrogen-bond donors (Lipinski definition) is 1. The van der Waals surface area contributed by atoms with E-state index in [-0.39, 0.29) is 0 Å². The number of halogens is 1. The molecule has 1 fully saturated rings. The highest BCUT2D eigenvalue weighted by atomic mass is 79.9. The summed E-state index contributed by atoms with van der Waals surface area (Å²) in [4.78, 5) is 0. The Kier molecular flexibility index (Phi) is 4.30. The number of fused-ring (bicyclic) bond motifs is 1. The Morgan fingerprint density at radius 1 is 1.00 bits per heavy atom. The number of anilines is 1. The average Bonchev–Trinajstić information content (AvgIpc) is 2.51. The van der Waals surface area contributed by atoms with Gasteiger partial charge in [0.2, 0.25) is 0 Å². The summed E-state index contributed by atoms with van der Waals surface area (Å²) in [5, 5.41) is 6.36. The number of benzene rings is 2. The minimum Gasteiger partial charge on any atom is -0.382 e. The predicted octanol–water partition coefficient (Wildman–Crippen LogP) is 5.98. The summed E-state index contributed by atoms with van der Waals surface area (Å²) in [7, 11) is 0. The molecule has 1 saturated carbocycles. The quantitative estimate of drug-likeness (QED) is 0.729. The van der Waals surface area contributed by atoms with E-state index in [0.29, 0.717) is 6.04 Å². The van der Waals surface area contributed by atoms with E-state index in [1.165, 1.54) is 53.0 Å². The van der Waals surface area contributed by atoms with E-state index in [9.17, 15) is 0 Å². The van der Waals surface area contributed by atoms with Crippen LogP contribution in [0.25, 0.3) is 10.8 Å². The first kappa shape index (κ1) is 13.9. The number of nitrogens with one attached hydrogen (secondary N) is 1. The smallest absolute Gasteiger partial charge is 0.0422 e. The van der Waals surface area contributed by atoms with Gasteiger partial charge in [-0.3, -0.25) is 0 Å². The van der Waals surface area contributed by atoms with Crippen LogP contribution in [0.3, 0.4) is 0 Å². The molecule has 1 N–H and O–H groups in total. The molecule has 0 saturated heterocycles. The van der Waals surface area contributed by atoms with Crippen LogP contribution in [-0.2, 0) is 0 Å². The molecule has 0 heterocycles. The molecule has 0 bridgehead atoms. The van der Waals surface area contributed by atoms with Gasteiger partial charge in [-0.15, -0.1) is 0 Å². The fourth-order valence-corrected chi connectivity index (χ4v) is 3.86. The second kappa shape index (κ2) is 6.17. The molecular weight excluding hydrogens is 310 g/mol. The molecule has 3 rings (SSSR count). The summed E-state index contributed by atoms with van der Waals surface area (Å²) in [6, 6.07) is 13.5. The maximum Gasteiger partial charge on any atom is 0.0422 e. The molecule has 1 atom stereocenters. The molecule has 0 aliphatic heterocycles. The minimum atomic E-state index is 0.555. The van der Waals surface area contributed by atoms with Crippen molar-refractivity contribution >= 4 is 32.4 Å². The third-order valence-electron chi connectivity index (χ3n) is 4.61. The highest BCUT2D eigenvalue weighted by molar-refractivity contribution is 9.10. The van der Waals surface area contributed by atoms with Gasteiger partial charge in [-0.1, -0.05) is 59.5 Å². The Bertz CT molecular complexity index is 587. The summed E-state index contributed by atoms with van der Waals surface area (Å²) in [6.45, 7) is 2.34. The second-order valence-corrected chi connectivity index (χ2v) is 6.83. The van der Waals surface area contributed by atoms with Gasteiger partial charge in [-0.2, -0.15) is 0 Å². The van der Waals surface area contributed by atoms with Crippen LogP contribution in [0.2, 0.25) is 0 Å². The molecule has 2 aromatic carbocycles. The molecule has 1 aliphatic carbocycles. The van der Waals surface area contributed by atoms with Gasteiger partial charge >= 0.3 is 0 Å². The second-order valence-electron chi connectivity index (χ2n) is 5.97. The fraction of sp³-hybridized carbons (Fsp3) is 0.444. The fourth-order valence-electron chi connectivity index (χ4n) is 3.39. The van der Waals surface area contributed by atoms with Crippen molar-refractivity contribution in [2.24, 2.45) is 5.92 Å². The third kappa shape index (κ3) is 2.85. The number of rotatable bonds is 3. The van der Waals surface area contributed by atoms with Gasteiger partial charge in [-0.25, -0.2) is 0 Å². The third-order valence-corrected chi connectivity index (χ3v) is 5.30. The van der Waals surface area contributed by atoms with Crippen molar-refractivity contribution in [1.82, 2.24) is 0 Å². The molecule has 1 aliphatic rings. The zero-order valence-electron chi connectivity index (χ0n) is 12.0. The normalized spacial score (nSPS) is 18.1. The Balaban J connectivity index is 1.85. The predicted molar refractivity (Wildman–Crippen MR) is 91.3 cm³/mol. The van der Waals surface area contributed by atoms with Gasteiger partial charge in [0.15, 0.2) is 0 Å². The van der Waals surface area contributed by atoms with Crippen LogP contribution in [0.4, 0.5) is 5.69 Å². The van der Waals surface area contributed by atoms with Crippen LogP contribution in [0.15, 0.2) is 40.9 Å². The van der Waals surface area contributed by atoms with Gasteiger partial charge in [0.05, 0.1) is 0 Å². The SMILES string of the molecule is CC(Nc1ccc(Br)c2ccccc12)C1CCCCC1.